The number of hydrogen-bond donors (Lipinski definition) is 1. The molecule has 0 fully saturated rings. The molecular weight excluding hydrogens is 322 g/mol. The summed E-state index contributed by atoms with van der Waals surface area (Å²) in [6.45, 7) is 0. The SMILES string of the molecule is Nc1cccc2nc(S(=O)(=O)c3cccc4ncccc34)ccc12. The first-order chi connectivity index (χ1) is 11.6. The fourth-order valence-corrected chi connectivity index (χ4v) is 4.14. The average Bonchev–Trinajstić information content (AvgIpc) is 2.61. The molecule has 0 aliphatic rings. The van der Waals surface area contributed by atoms with Crippen molar-refractivity contribution < 1.29 is 8.42 Å². The lowest BCUT2D eigenvalue weighted by atomic mass is 10.2. The van der Waals surface area contributed by atoms with Crippen LogP contribution in [0.3, 0.4) is 0 Å². The topological polar surface area (TPSA) is 85.9 Å². The van der Waals surface area contributed by atoms with E-state index in [1.807, 2.05) is 0 Å². The molecule has 0 amide bonds. The Balaban J connectivity index is 1.97. The van der Waals surface area contributed by atoms with Crippen LogP contribution in [0.4, 0.5) is 5.69 Å². The maximum Gasteiger partial charge on any atom is 0.224 e. The average molecular weight is 335 g/mol. The van der Waals surface area contributed by atoms with Crippen molar-refractivity contribution in [3.63, 3.8) is 0 Å². The first kappa shape index (κ1) is 14.6. The van der Waals surface area contributed by atoms with E-state index < -0.39 is 9.84 Å². The maximum atomic E-state index is 13.1. The Morgan fingerprint density at radius 1 is 0.792 bits per heavy atom. The highest BCUT2D eigenvalue weighted by atomic mass is 32.2. The van der Waals surface area contributed by atoms with Gasteiger partial charge in [0.25, 0.3) is 0 Å². The molecule has 0 bridgehead atoms. The van der Waals surface area contributed by atoms with E-state index in [1.165, 1.54) is 6.07 Å². The summed E-state index contributed by atoms with van der Waals surface area (Å²) in [7, 11) is -3.76. The summed E-state index contributed by atoms with van der Waals surface area (Å²) in [5, 5.41) is 1.31. The smallest absolute Gasteiger partial charge is 0.224 e. The van der Waals surface area contributed by atoms with E-state index in [0.717, 1.165) is 5.39 Å². The van der Waals surface area contributed by atoms with Crippen molar-refractivity contribution in [2.24, 2.45) is 0 Å². The fourth-order valence-electron chi connectivity index (χ4n) is 2.73. The van der Waals surface area contributed by atoms with E-state index in [4.69, 9.17) is 5.73 Å². The molecule has 5 nitrogen and oxygen atoms in total. The van der Waals surface area contributed by atoms with Crippen LogP contribution in [-0.4, -0.2) is 18.4 Å². The van der Waals surface area contributed by atoms with Gasteiger partial charge in [-0.15, -0.1) is 0 Å². The van der Waals surface area contributed by atoms with Crippen molar-refractivity contribution in [2.45, 2.75) is 9.92 Å². The number of sulfone groups is 1. The van der Waals surface area contributed by atoms with E-state index in [9.17, 15) is 8.42 Å². The number of nitrogen functional groups attached to an aromatic ring is 1. The van der Waals surface area contributed by atoms with Crippen molar-refractivity contribution >= 4 is 37.3 Å². The lowest BCUT2D eigenvalue weighted by molar-refractivity contribution is 0.593. The third-order valence-corrected chi connectivity index (χ3v) is 5.62. The monoisotopic (exact) mass is 335 g/mol. The van der Waals surface area contributed by atoms with Crippen LogP contribution >= 0.6 is 0 Å². The lowest BCUT2D eigenvalue weighted by Gasteiger charge is -2.08. The van der Waals surface area contributed by atoms with Gasteiger partial charge in [0.1, 0.15) is 0 Å². The zero-order valence-corrected chi connectivity index (χ0v) is 13.4. The summed E-state index contributed by atoms with van der Waals surface area (Å²) < 4.78 is 26.1. The normalized spacial score (nSPS) is 11.8. The molecule has 6 heteroatoms. The van der Waals surface area contributed by atoms with Crippen molar-refractivity contribution in [1.82, 2.24) is 9.97 Å². The van der Waals surface area contributed by atoms with Gasteiger partial charge < -0.3 is 5.73 Å². The van der Waals surface area contributed by atoms with Crippen molar-refractivity contribution in [2.75, 3.05) is 5.73 Å². The van der Waals surface area contributed by atoms with Crippen LogP contribution in [0.5, 0.6) is 0 Å². The van der Waals surface area contributed by atoms with Gasteiger partial charge in [-0.05, 0) is 48.5 Å². The molecule has 0 aliphatic heterocycles. The molecule has 0 saturated carbocycles. The summed E-state index contributed by atoms with van der Waals surface area (Å²) in [6.07, 6.45) is 1.63. The molecule has 0 radical (unpaired) electrons. The molecule has 0 aliphatic carbocycles. The minimum absolute atomic E-state index is 0.00282. The van der Waals surface area contributed by atoms with E-state index in [0.29, 0.717) is 22.1 Å². The van der Waals surface area contributed by atoms with Gasteiger partial charge in [0.15, 0.2) is 5.03 Å². The third kappa shape index (κ3) is 2.19. The first-order valence-electron chi connectivity index (χ1n) is 7.31. The molecule has 2 aromatic heterocycles. The number of anilines is 1. The largest absolute Gasteiger partial charge is 0.398 e. The molecule has 2 aromatic carbocycles. The first-order valence-corrected chi connectivity index (χ1v) is 8.80. The number of nitrogens with two attached hydrogens (primary N) is 1. The molecule has 2 N–H and O–H groups in total. The molecule has 4 rings (SSSR count). The van der Waals surface area contributed by atoms with Crippen LogP contribution in [0.2, 0.25) is 0 Å². The van der Waals surface area contributed by atoms with Gasteiger partial charge in [-0.3, -0.25) is 4.98 Å². The highest BCUT2D eigenvalue weighted by Crippen LogP contribution is 2.28. The van der Waals surface area contributed by atoms with E-state index in [-0.39, 0.29) is 9.92 Å². The number of aromatic nitrogens is 2. The number of fused-ring (bicyclic) bond motifs is 2. The zero-order chi connectivity index (χ0) is 16.7. The van der Waals surface area contributed by atoms with Crippen molar-refractivity contribution in [1.29, 1.82) is 0 Å². The quantitative estimate of drug-likeness (QED) is 0.569. The Bertz CT molecular complexity index is 1180. The summed E-state index contributed by atoms with van der Waals surface area (Å²) in [6, 6.07) is 16.9. The number of rotatable bonds is 2. The molecule has 0 spiro atoms. The van der Waals surface area contributed by atoms with Crippen LogP contribution in [0.15, 0.2) is 76.8 Å². The highest BCUT2D eigenvalue weighted by Gasteiger charge is 2.22. The van der Waals surface area contributed by atoms with Gasteiger partial charge in [-0.1, -0.05) is 12.1 Å². The maximum absolute atomic E-state index is 13.1. The molecule has 0 unspecified atom stereocenters. The summed E-state index contributed by atoms with van der Waals surface area (Å²) >= 11 is 0. The number of hydrogen-bond acceptors (Lipinski definition) is 5. The Labute approximate surface area is 138 Å². The van der Waals surface area contributed by atoms with Gasteiger partial charge in [-0.2, -0.15) is 0 Å². The number of benzene rings is 2. The molecule has 24 heavy (non-hydrogen) atoms. The Kier molecular flexibility index (Phi) is 3.21. The number of nitrogens with zero attached hydrogens (tertiary/aromatic N) is 2. The zero-order valence-electron chi connectivity index (χ0n) is 12.5. The minimum atomic E-state index is -3.76. The van der Waals surface area contributed by atoms with Gasteiger partial charge in [0.2, 0.25) is 9.84 Å². The predicted molar refractivity (Wildman–Crippen MR) is 93.4 cm³/mol. The van der Waals surface area contributed by atoms with Crippen LogP contribution in [-0.2, 0) is 9.84 Å². The Morgan fingerprint density at radius 3 is 2.46 bits per heavy atom. The van der Waals surface area contributed by atoms with Crippen molar-refractivity contribution in [3.8, 4) is 0 Å². The molecular formula is C18H13N3O2S. The van der Waals surface area contributed by atoms with E-state index >= 15 is 0 Å². The molecule has 0 saturated heterocycles. The van der Waals surface area contributed by atoms with Gasteiger partial charge in [0, 0.05) is 22.7 Å². The molecule has 0 atom stereocenters. The highest BCUT2D eigenvalue weighted by molar-refractivity contribution is 7.91. The van der Waals surface area contributed by atoms with Crippen LogP contribution in [0, 0.1) is 0 Å². The standard InChI is InChI=1S/C18H13N3O2S/c19-14-5-1-7-16-12(14)9-10-18(21-16)24(22,23)17-8-2-6-15-13(17)4-3-11-20-15/h1-11H,19H2. The summed E-state index contributed by atoms with van der Waals surface area (Å²) in [5.74, 6) is 0. The van der Waals surface area contributed by atoms with E-state index in [2.05, 4.69) is 9.97 Å². The summed E-state index contributed by atoms with van der Waals surface area (Å²) in [5.41, 5.74) is 7.65. The fraction of sp³-hybridized carbons (Fsp3) is 0. The second kappa shape index (κ2) is 5.28. The third-order valence-electron chi connectivity index (χ3n) is 3.91. The molecule has 4 aromatic rings. The molecule has 118 valence electrons. The predicted octanol–water partition coefficient (Wildman–Crippen LogP) is 3.20. The molecule has 2 heterocycles. The Hall–Kier alpha value is -2.99. The summed E-state index contributed by atoms with van der Waals surface area (Å²) in [4.78, 5) is 8.71. The van der Waals surface area contributed by atoms with Crippen molar-refractivity contribution in [3.05, 3.63) is 66.9 Å². The Morgan fingerprint density at radius 2 is 1.58 bits per heavy atom. The van der Waals surface area contributed by atoms with Gasteiger partial charge in [-0.25, -0.2) is 13.4 Å². The van der Waals surface area contributed by atoms with E-state index in [1.54, 1.807) is 60.8 Å². The van der Waals surface area contributed by atoms with Crippen LogP contribution in [0.25, 0.3) is 21.8 Å². The second-order valence-electron chi connectivity index (χ2n) is 5.39. The number of pyridine rings is 2. The van der Waals surface area contributed by atoms with Crippen LogP contribution in [0.1, 0.15) is 0 Å². The minimum Gasteiger partial charge on any atom is -0.398 e. The lowest BCUT2D eigenvalue weighted by Crippen LogP contribution is -2.05. The van der Waals surface area contributed by atoms with Gasteiger partial charge >= 0.3 is 0 Å². The second-order valence-corrected chi connectivity index (χ2v) is 7.26. The van der Waals surface area contributed by atoms with Crippen LogP contribution < -0.4 is 5.73 Å². The van der Waals surface area contributed by atoms with Gasteiger partial charge in [0.05, 0.1) is 15.9 Å².